The van der Waals surface area contributed by atoms with Crippen molar-refractivity contribution in [1.82, 2.24) is 35.7 Å². The van der Waals surface area contributed by atoms with Gasteiger partial charge in [-0.3, -0.25) is 24.1 Å². The molecule has 4 heterocycles. The van der Waals surface area contributed by atoms with Crippen LogP contribution in [0.15, 0.2) is 66.2 Å². The number of H-pyrrole nitrogens is 1. The zero-order valence-corrected chi connectivity index (χ0v) is 42.7. The Balaban J connectivity index is 0.804. The van der Waals surface area contributed by atoms with Crippen LogP contribution in [0.5, 0.6) is 0 Å². The van der Waals surface area contributed by atoms with Gasteiger partial charge in [-0.05, 0) is 74.4 Å². The molecule has 5 aromatic rings. The quantitative estimate of drug-likeness (QED) is 0.0505. The van der Waals surface area contributed by atoms with Crippen molar-refractivity contribution in [3.05, 3.63) is 111 Å². The lowest BCUT2D eigenvalue weighted by molar-refractivity contribution is -0.144. The normalized spacial score (nSPS) is 18.8. The standard InChI is InChI=1S/C53H66F3N7O8S/c1-31-22-38-37-10-8-9-11-41(37)60-45(38)46(63(31)29-53(6,7)56)44-39(54)23-35(24-40(44)55)49(66)57-16-17-69-18-19-70-20-21-71-28-43(65)61-48(52(3,4)5)51(68)62-27-36(64)25-42(62)50(67)58-26-33-12-14-34(15-13-33)47-32(2)59-30-72-47/h8-15,23-24,30-31,36,42,46,48,60,64H,16-22,25-29H2,1-7H3,(H,57,66)(H,58,67)(H,61,65)/t31-,36-,42+,46-,48-/m1/s1. The number of rotatable bonds is 21. The third kappa shape index (κ3) is 13.3. The smallest absolute Gasteiger partial charge is 0.251 e. The second kappa shape index (κ2) is 23.4. The highest BCUT2D eigenvalue weighted by atomic mass is 32.1. The monoisotopic (exact) mass is 1020 g/mol. The molecule has 0 aliphatic carbocycles. The van der Waals surface area contributed by atoms with Gasteiger partial charge in [0.2, 0.25) is 17.7 Å². The Kier molecular flexibility index (Phi) is 17.6. The highest BCUT2D eigenvalue weighted by Gasteiger charge is 2.45. The number of halogens is 3. The van der Waals surface area contributed by atoms with E-state index in [-0.39, 0.29) is 89.4 Å². The largest absolute Gasteiger partial charge is 0.391 e. The summed E-state index contributed by atoms with van der Waals surface area (Å²) in [6, 6.07) is 14.3. The lowest BCUT2D eigenvalue weighted by atomic mass is 9.85. The van der Waals surface area contributed by atoms with E-state index in [4.69, 9.17) is 14.2 Å². The van der Waals surface area contributed by atoms with Crippen LogP contribution < -0.4 is 16.0 Å². The number of carbonyl (C=O) groups is 4. The minimum absolute atomic E-state index is 0.0499. The van der Waals surface area contributed by atoms with E-state index >= 15 is 13.2 Å². The number of ether oxygens (including phenoxy) is 3. The number of benzene rings is 3. The van der Waals surface area contributed by atoms with Crippen LogP contribution >= 0.6 is 11.3 Å². The number of β-amino-alcohol motifs (C(OH)–C–C–N with tert-alkyl or cyclic N) is 1. The molecule has 2 aliphatic rings. The Morgan fingerprint density at radius 3 is 2.25 bits per heavy atom. The number of carbonyl (C=O) groups excluding carboxylic acids is 4. The summed E-state index contributed by atoms with van der Waals surface area (Å²) >= 11 is 1.56. The molecule has 1 fully saturated rings. The molecule has 0 radical (unpaired) electrons. The summed E-state index contributed by atoms with van der Waals surface area (Å²) in [4.78, 5) is 65.2. The molecule has 388 valence electrons. The molecule has 5 N–H and O–H groups in total. The molecule has 2 aromatic heterocycles. The number of fused-ring (bicyclic) bond motifs is 3. The fraction of sp³-hybridized carbons (Fsp3) is 0.491. The molecule has 0 spiro atoms. The Hall–Kier alpha value is -5.70. The van der Waals surface area contributed by atoms with Crippen LogP contribution in [-0.2, 0) is 41.6 Å². The van der Waals surface area contributed by atoms with Crippen molar-refractivity contribution >= 4 is 45.9 Å². The third-order valence-electron chi connectivity index (χ3n) is 12.9. The molecule has 2 aliphatic heterocycles. The number of alkyl halides is 1. The molecule has 0 saturated carbocycles. The number of aryl methyl sites for hydroxylation is 1. The van der Waals surface area contributed by atoms with Crippen LogP contribution in [-0.4, -0.2) is 138 Å². The summed E-state index contributed by atoms with van der Waals surface area (Å²) in [5.41, 5.74) is 4.12. The van der Waals surface area contributed by atoms with Gasteiger partial charge >= 0.3 is 0 Å². The molecular weight excluding hydrogens is 952 g/mol. The maximum Gasteiger partial charge on any atom is 0.251 e. The molecule has 0 unspecified atom stereocenters. The molecule has 15 nitrogen and oxygen atoms in total. The average Bonchev–Trinajstić information content (AvgIpc) is 4.05. The van der Waals surface area contributed by atoms with Gasteiger partial charge in [0.1, 0.15) is 36.0 Å². The number of aromatic amines is 1. The first-order chi connectivity index (χ1) is 34.2. The first-order valence-electron chi connectivity index (χ1n) is 24.3. The second-order valence-electron chi connectivity index (χ2n) is 20.2. The first-order valence-corrected chi connectivity index (χ1v) is 25.2. The predicted molar refractivity (Wildman–Crippen MR) is 268 cm³/mol. The Labute approximate surface area is 422 Å². The number of aliphatic hydroxyl groups excluding tert-OH is 1. The van der Waals surface area contributed by atoms with Crippen LogP contribution in [0.1, 0.15) is 92.4 Å². The minimum Gasteiger partial charge on any atom is -0.391 e. The SMILES string of the molecule is Cc1ncsc1-c1ccc(CNC(=O)[C@@H]2C[C@@H](O)CN2C(=O)[C@@H](NC(=O)COCCOCCOCCNC(=O)c2cc(F)c([C@@H]3c4[nH]c5ccccc5c4C[C@@H](C)N3CC(C)(C)F)c(F)c2)C(C)(C)C)cc1. The van der Waals surface area contributed by atoms with Crippen LogP contribution in [0, 0.1) is 24.0 Å². The second-order valence-corrected chi connectivity index (χ2v) is 21.1. The van der Waals surface area contributed by atoms with Crippen LogP contribution in [0.25, 0.3) is 21.3 Å². The molecule has 1 saturated heterocycles. The highest BCUT2D eigenvalue weighted by molar-refractivity contribution is 7.13. The number of nitrogens with one attached hydrogen (secondary N) is 4. The minimum atomic E-state index is -1.65. The first kappa shape index (κ1) is 54.1. The highest BCUT2D eigenvalue weighted by Crippen LogP contribution is 2.43. The van der Waals surface area contributed by atoms with Crippen LogP contribution in [0.4, 0.5) is 13.2 Å². The maximum atomic E-state index is 16.1. The van der Waals surface area contributed by atoms with Crippen molar-refractivity contribution in [3.63, 3.8) is 0 Å². The van der Waals surface area contributed by atoms with Crippen LogP contribution in [0.3, 0.4) is 0 Å². The van der Waals surface area contributed by atoms with E-state index in [1.807, 2.05) is 62.4 Å². The molecule has 19 heteroatoms. The topological polar surface area (TPSA) is 187 Å². The van der Waals surface area contributed by atoms with Crippen molar-refractivity contribution < 1.29 is 51.7 Å². The number of likely N-dealkylation sites (tertiary alicyclic amines) is 1. The molecule has 0 bridgehead atoms. The van der Waals surface area contributed by atoms with Gasteiger partial charge in [-0.25, -0.2) is 18.2 Å². The fourth-order valence-corrected chi connectivity index (χ4v) is 10.2. The Morgan fingerprint density at radius 1 is 0.931 bits per heavy atom. The number of aliphatic hydroxyl groups is 1. The molecular formula is C53H66F3N7O8S. The van der Waals surface area contributed by atoms with Gasteiger partial charge < -0.3 is 45.2 Å². The lowest BCUT2D eigenvalue weighted by Crippen LogP contribution is -2.58. The van der Waals surface area contributed by atoms with Crippen molar-refractivity contribution in [1.29, 1.82) is 0 Å². The third-order valence-corrected chi connectivity index (χ3v) is 13.9. The Morgan fingerprint density at radius 2 is 1.60 bits per heavy atom. The number of aromatic nitrogens is 2. The van der Waals surface area contributed by atoms with E-state index in [0.29, 0.717) is 12.1 Å². The number of hydrogen-bond acceptors (Lipinski definition) is 11. The van der Waals surface area contributed by atoms with Crippen molar-refractivity contribution in [2.75, 3.05) is 59.3 Å². The average molecular weight is 1020 g/mol. The summed E-state index contributed by atoms with van der Waals surface area (Å²) in [7, 11) is 0. The van der Waals surface area contributed by atoms with Gasteiger partial charge in [-0.2, -0.15) is 0 Å². The number of thiazole rings is 1. The maximum absolute atomic E-state index is 16.1. The predicted octanol–water partition coefficient (Wildman–Crippen LogP) is 6.55. The fourth-order valence-electron chi connectivity index (χ4n) is 9.40. The van der Waals surface area contributed by atoms with Gasteiger partial charge in [-0.15, -0.1) is 11.3 Å². The van der Waals surface area contributed by atoms with Gasteiger partial charge in [-0.1, -0.05) is 63.2 Å². The van der Waals surface area contributed by atoms with Gasteiger partial charge in [0.15, 0.2) is 0 Å². The number of hydrogen-bond donors (Lipinski definition) is 5. The van der Waals surface area contributed by atoms with E-state index < -0.39 is 70.6 Å². The molecule has 5 atom stereocenters. The van der Waals surface area contributed by atoms with Gasteiger partial charge in [0.25, 0.3) is 5.91 Å². The van der Waals surface area contributed by atoms with E-state index in [0.717, 1.165) is 50.3 Å². The number of amides is 4. The van der Waals surface area contributed by atoms with E-state index in [1.54, 1.807) is 42.5 Å². The lowest BCUT2D eigenvalue weighted by Gasteiger charge is -2.43. The van der Waals surface area contributed by atoms with Gasteiger partial charge in [0.05, 0.1) is 61.3 Å². The Bertz CT molecular complexity index is 2680. The molecule has 72 heavy (non-hydrogen) atoms. The zero-order valence-electron chi connectivity index (χ0n) is 41.9. The van der Waals surface area contributed by atoms with Crippen molar-refractivity contribution in [3.8, 4) is 10.4 Å². The molecule has 4 amide bonds. The van der Waals surface area contributed by atoms with E-state index in [1.165, 1.54) is 18.7 Å². The van der Waals surface area contributed by atoms with Crippen LogP contribution in [0.2, 0.25) is 0 Å². The van der Waals surface area contributed by atoms with E-state index in [2.05, 4.69) is 25.9 Å². The number of para-hydroxylation sites is 1. The van der Waals surface area contributed by atoms with Gasteiger partial charge in [0, 0.05) is 66.4 Å². The molecule has 7 rings (SSSR count). The summed E-state index contributed by atoms with van der Waals surface area (Å²) in [5, 5.41) is 19.8. The van der Waals surface area contributed by atoms with E-state index in [9.17, 15) is 24.3 Å². The summed E-state index contributed by atoms with van der Waals surface area (Å²) < 4.78 is 63.9. The summed E-state index contributed by atoms with van der Waals surface area (Å²) in [5.74, 6) is -3.96. The van der Waals surface area contributed by atoms with Crippen molar-refractivity contribution in [2.24, 2.45) is 5.41 Å². The summed E-state index contributed by atoms with van der Waals surface area (Å²) in [6.45, 7) is 12.5. The van der Waals surface area contributed by atoms with Crippen molar-refractivity contribution in [2.45, 2.75) is 104 Å². The number of nitrogens with zero attached hydrogens (tertiary/aromatic N) is 3. The summed E-state index contributed by atoms with van der Waals surface area (Å²) in [6.07, 6.45) is -0.277. The molecule has 3 aromatic carbocycles. The zero-order chi connectivity index (χ0) is 51.9.